The average molecular weight is 198 g/mol. The van der Waals surface area contributed by atoms with Gasteiger partial charge < -0.3 is 0 Å². The van der Waals surface area contributed by atoms with Gasteiger partial charge in [-0.25, -0.2) is 0 Å². The van der Waals surface area contributed by atoms with Crippen molar-refractivity contribution in [2.75, 3.05) is 0 Å². The molecule has 15 heavy (non-hydrogen) atoms. The molecule has 0 amide bonds. The first-order chi connectivity index (χ1) is 7.26. The van der Waals surface area contributed by atoms with Gasteiger partial charge in [-0.05, 0) is 18.1 Å². The molecule has 0 aromatic heterocycles. The highest BCUT2D eigenvalue weighted by Crippen LogP contribution is 2.11. The molecular weight excluding hydrogens is 180 g/mol. The van der Waals surface area contributed by atoms with Crippen LogP contribution in [0.5, 0.6) is 0 Å². The molecule has 0 nitrogen and oxygen atoms in total. The van der Waals surface area contributed by atoms with Gasteiger partial charge in [-0.1, -0.05) is 74.4 Å². The lowest BCUT2D eigenvalue weighted by Crippen LogP contribution is -1.79. The first-order valence-electron chi connectivity index (χ1n) is 4.86. The van der Waals surface area contributed by atoms with Crippen LogP contribution in [-0.4, -0.2) is 0 Å². The van der Waals surface area contributed by atoms with Crippen LogP contribution in [0, 0.1) is 0 Å². The number of rotatable bonds is 6. The highest BCUT2D eigenvalue weighted by Gasteiger charge is 1.92. The Morgan fingerprint density at radius 3 is 2.20 bits per heavy atom. The highest BCUT2D eigenvalue weighted by molar-refractivity contribution is 5.47. The van der Waals surface area contributed by atoms with E-state index in [1.165, 1.54) is 0 Å². The minimum absolute atomic E-state index is 0.950. The first kappa shape index (κ1) is 13.2. The van der Waals surface area contributed by atoms with E-state index in [0.29, 0.717) is 0 Å². The minimum Gasteiger partial charge on any atom is -0.0991 e. The van der Waals surface area contributed by atoms with Gasteiger partial charge in [-0.3, -0.25) is 0 Å². The molecule has 0 saturated carbocycles. The summed E-state index contributed by atoms with van der Waals surface area (Å²) in [5.41, 5.74) is 1.98. The summed E-state index contributed by atoms with van der Waals surface area (Å²) in [6.07, 6.45) is 17.1. The molecule has 0 aliphatic carbocycles. The molecule has 0 atom stereocenters. The Morgan fingerprint density at radius 1 is 0.933 bits per heavy atom. The lowest BCUT2D eigenvalue weighted by molar-refractivity contribution is 1.56. The van der Waals surface area contributed by atoms with Gasteiger partial charge in [-0.2, -0.15) is 0 Å². The molecule has 78 valence electrons. The van der Waals surface area contributed by atoms with Gasteiger partial charge in [0.15, 0.2) is 0 Å². The van der Waals surface area contributed by atoms with Gasteiger partial charge in [0.2, 0.25) is 0 Å². The molecule has 0 spiro atoms. The fourth-order valence-corrected chi connectivity index (χ4v) is 0.947. The van der Waals surface area contributed by atoms with Crippen LogP contribution in [0.1, 0.15) is 6.92 Å². The molecule has 0 aromatic carbocycles. The van der Waals surface area contributed by atoms with E-state index < -0.39 is 0 Å². The van der Waals surface area contributed by atoms with Gasteiger partial charge in [0.1, 0.15) is 0 Å². The smallest absolute Gasteiger partial charge is 0.0190 e. The highest BCUT2D eigenvalue weighted by atomic mass is 14.0. The quantitative estimate of drug-likeness (QED) is 0.550. The Labute approximate surface area is 93.0 Å². The summed E-state index contributed by atoms with van der Waals surface area (Å²) in [4.78, 5) is 0. The van der Waals surface area contributed by atoms with Crippen LogP contribution in [0.4, 0.5) is 0 Å². The molecule has 0 aliphatic heterocycles. The van der Waals surface area contributed by atoms with Crippen molar-refractivity contribution in [1.82, 2.24) is 0 Å². The maximum absolute atomic E-state index is 3.98. The van der Waals surface area contributed by atoms with Gasteiger partial charge >= 0.3 is 0 Å². The normalized spacial score (nSPS) is 12.7. The fraction of sp³-hybridized carbons (Fsp3) is 0.0667. The molecule has 0 radical (unpaired) electrons. The lowest BCUT2D eigenvalue weighted by atomic mass is 10.1. The second-order valence-corrected chi connectivity index (χ2v) is 2.86. The number of allylic oxidation sites excluding steroid dienone is 11. The third-order valence-electron chi connectivity index (χ3n) is 1.68. The zero-order valence-electron chi connectivity index (χ0n) is 9.32. The molecule has 0 saturated heterocycles. The van der Waals surface area contributed by atoms with E-state index in [0.717, 1.165) is 11.1 Å². The Morgan fingerprint density at radius 2 is 1.67 bits per heavy atom. The summed E-state index contributed by atoms with van der Waals surface area (Å²) < 4.78 is 0. The van der Waals surface area contributed by atoms with Gasteiger partial charge in [0, 0.05) is 0 Å². The summed E-state index contributed by atoms with van der Waals surface area (Å²) in [6, 6.07) is 0. The zero-order chi connectivity index (χ0) is 11.5. The van der Waals surface area contributed by atoms with E-state index in [1.807, 2.05) is 49.5 Å². The zero-order valence-corrected chi connectivity index (χ0v) is 9.32. The van der Waals surface area contributed by atoms with Crippen molar-refractivity contribution in [3.05, 3.63) is 85.6 Å². The maximum Gasteiger partial charge on any atom is -0.0190 e. The van der Waals surface area contributed by atoms with E-state index in [-0.39, 0.29) is 0 Å². The fourth-order valence-electron chi connectivity index (χ4n) is 0.947. The van der Waals surface area contributed by atoms with Crippen LogP contribution < -0.4 is 0 Å². The molecule has 0 N–H and O–H groups in total. The molecule has 0 bridgehead atoms. The lowest BCUT2D eigenvalue weighted by Gasteiger charge is -1.99. The summed E-state index contributed by atoms with van der Waals surface area (Å²) >= 11 is 0. The average Bonchev–Trinajstić information content (AvgIpc) is 2.24. The van der Waals surface area contributed by atoms with Crippen LogP contribution >= 0.6 is 0 Å². The Hall–Kier alpha value is -1.82. The van der Waals surface area contributed by atoms with Crippen molar-refractivity contribution < 1.29 is 0 Å². The summed E-state index contributed by atoms with van der Waals surface area (Å²) in [5.74, 6) is 0. The maximum atomic E-state index is 3.98. The molecular formula is C15H18. The molecule has 0 heteroatoms. The Bertz CT molecular complexity index is 333. The van der Waals surface area contributed by atoms with Crippen molar-refractivity contribution in [3.63, 3.8) is 0 Å². The predicted octanol–water partition coefficient (Wildman–Crippen LogP) is 4.53. The first-order valence-corrected chi connectivity index (χ1v) is 4.86. The van der Waals surface area contributed by atoms with Crippen LogP contribution in [0.2, 0.25) is 0 Å². The van der Waals surface area contributed by atoms with E-state index in [4.69, 9.17) is 0 Å². The van der Waals surface area contributed by atoms with E-state index in [2.05, 4.69) is 19.7 Å². The van der Waals surface area contributed by atoms with Crippen molar-refractivity contribution in [2.45, 2.75) is 6.92 Å². The molecule has 0 aliphatic rings. The second kappa shape index (κ2) is 8.76. The summed E-state index contributed by atoms with van der Waals surface area (Å²) in [5, 5.41) is 0. The SMILES string of the molecule is C=C/C=C\C(=C/C=C)C(=C)/C=C\C=C/C. The van der Waals surface area contributed by atoms with E-state index in [9.17, 15) is 0 Å². The van der Waals surface area contributed by atoms with Crippen LogP contribution in [0.25, 0.3) is 0 Å². The molecule has 0 unspecified atom stereocenters. The second-order valence-electron chi connectivity index (χ2n) is 2.86. The van der Waals surface area contributed by atoms with Crippen molar-refractivity contribution in [2.24, 2.45) is 0 Å². The third kappa shape index (κ3) is 6.28. The Balaban J connectivity index is 4.71. The van der Waals surface area contributed by atoms with Crippen LogP contribution in [0.3, 0.4) is 0 Å². The third-order valence-corrected chi connectivity index (χ3v) is 1.68. The largest absolute Gasteiger partial charge is 0.0991 e. The van der Waals surface area contributed by atoms with Crippen molar-refractivity contribution >= 4 is 0 Å². The Kier molecular flexibility index (Phi) is 7.70. The van der Waals surface area contributed by atoms with Gasteiger partial charge in [-0.15, -0.1) is 0 Å². The molecule has 0 heterocycles. The standard InChI is InChI=1S/C15H18/c1-5-8-10-12-14(4)15(11-7-3)13-9-6-2/h5-13H,2-4H2,1H3/b8-5-,12-10-,13-9-,15-11+. The van der Waals surface area contributed by atoms with Gasteiger partial charge in [0.05, 0.1) is 0 Å². The van der Waals surface area contributed by atoms with Crippen molar-refractivity contribution in [3.8, 4) is 0 Å². The molecule has 0 fully saturated rings. The van der Waals surface area contributed by atoms with E-state index >= 15 is 0 Å². The van der Waals surface area contributed by atoms with Crippen molar-refractivity contribution in [1.29, 1.82) is 0 Å². The van der Waals surface area contributed by atoms with E-state index in [1.54, 1.807) is 12.2 Å². The summed E-state index contributed by atoms with van der Waals surface area (Å²) in [7, 11) is 0. The summed E-state index contributed by atoms with van der Waals surface area (Å²) in [6.45, 7) is 13.3. The minimum atomic E-state index is 0.950. The van der Waals surface area contributed by atoms with Crippen LogP contribution in [-0.2, 0) is 0 Å². The monoisotopic (exact) mass is 198 g/mol. The van der Waals surface area contributed by atoms with Gasteiger partial charge in [0.25, 0.3) is 0 Å². The molecule has 0 rings (SSSR count). The topological polar surface area (TPSA) is 0 Å². The number of hydrogen-bond acceptors (Lipinski definition) is 0. The van der Waals surface area contributed by atoms with Crippen LogP contribution in [0.15, 0.2) is 85.6 Å². The predicted molar refractivity (Wildman–Crippen MR) is 70.7 cm³/mol. The molecule has 0 aromatic rings. The number of hydrogen-bond donors (Lipinski definition) is 0.